The summed E-state index contributed by atoms with van der Waals surface area (Å²) in [7, 11) is 0. The van der Waals surface area contributed by atoms with E-state index in [4.69, 9.17) is 0 Å². The van der Waals surface area contributed by atoms with Gasteiger partial charge in [-0.1, -0.05) is 42.0 Å². The smallest absolute Gasteiger partial charge is 0.234 e. The van der Waals surface area contributed by atoms with Gasteiger partial charge in [0.05, 0.1) is 5.75 Å². The molecule has 0 heterocycles. The van der Waals surface area contributed by atoms with Gasteiger partial charge in [0.15, 0.2) is 0 Å². The van der Waals surface area contributed by atoms with Gasteiger partial charge < -0.3 is 5.32 Å². The summed E-state index contributed by atoms with van der Waals surface area (Å²) in [6, 6.07) is 17.4. The third-order valence-corrected chi connectivity index (χ3v) is 8.45. The fraction of sp³-hybridized carbons (Fsp3) is 0.500. The van der Waals surface area contributed by atoms with Gasteiger partial charge in [0.25, 0.3) is 0 Å². The van der Waals surface area contributed by atoms with Gasteiger partial charge in [0.1, 0.15) is 0 Å². The van der Waals surface area contributed by atoms with Gasteiger partial charge in [0.2, 0.25) is 5.91 Å². The molecule has 4 saturated carbocycles. The van der Waals surface area contributed by atoms with Crippen LogP contribution in [0.4, 0.5) is 5.69 Å². The summed E-state index contributed by atoms with van der Waals surface area (Å²) in [5, 5.41) is 3.08. The molecule has 2 aromatic rings. The average molecular weight is 406 g/mol. The van der Waals surface area contributed by atoms with E-state index in [1.165, 1.54) is 55.2 Å². The Morgan fingerprint density at radius 1 is 0.931 bits per heavy atom. The number of hydrogen-bond acceptors (Lipinski definition) is 2. The molecule has 152 valence electrons. The Morgan fingerprint density at radius 3 is 2.10 bits per heavy atom. The number of rotatable bonds is 6. The maximum Gasteiger partial charge on any atom is 0.234 e. The molecule has 1 amide bonds. The van der Waals surface area contributed by atoms with E-state index in [9.17, 15) is 4.79 Å². The van der Waals surface area contributed by atoms with Crippen molar-refractivity contribution in [3.8, 4) is 0 Å². The molecule has 6 rings (SSSR count). The molecule has 4 fully saturated rings. The molecule has 0 unspecified atom stereocenters. The Balaban J connectivity index is 1.16. The predicted octanol–water partition coefficient (Wildman–Crippen LogP) is 6.33. The first kappa shape index (κ1) is 19.2. The van der Waals surface area contributed by atoms with Crippen LogP contribution < -0.4 is 5.32 Å². The van der Waals surface area contributed by atoms with E-state index in [0.717, 1.165) is 29.2 Å². The largest absolute Gasteiger partial charge is 0.325 e. The third kappa shape index (κ3) is 4.12. The van der Waals surface area contributed by atoms with Crippen molar-refractivity contribution >= 4 is 23.4 Å². The van der Waals surface area contributed by atoms with Crippen molar-refractivity contribution in [1.82, 2.24) is 0 Å². The molecule has 0 aromatic heterocycles. The zero-order valence-electron chi connectivity index (χ0n) is 17.3. The number of hydrogen-bond donors (Lipinski definition) is 1. The van der Waals surface area contributed by atoms with Crippen LogP contribution in [0.25, 0.3) is 0 Å². The van der Waals surface area contributed by atoms with Crippen molar-refractivity contribution in [2.75, 3.05) is 11.1 Å². The highest BCUT2D eigenvalue weighted by Crippen LogP contribution is 2.60. The second-order valence-corrected chi connectivity index (χ2v) is 10.8. The van der Waals surface area contributed by atoms with Crippen molar-refractivity contribution in [3.63, 3.8) is 0 Å². The van der Waals surface area contributed by atoms with Crippen LogP contribution in [0, 0.1) is 24.7 Å². The lowest BCUT2D eigenvalue weighted by atomic mass is 9.48. The highest BCUT2D eigenvalue weighted by molar-refractivity contribution is 7.99. The van der Waals surface area contributed by atoms with Gasteiger partial charge in [-0.15, -0.1) is 11.8 Å². The molecular weight excluding hydrogens is 374 g/mol. The number of carbonyl (C=O) groups excluding carboxylic acids is 1. The number of amides is 1. The van der Waals surface area contributed by atoms with E-state index in [1.807, 2.05) is 0 Å². The van der Waals surface area contributed by atoms with Crippen LogP contribution in [0.2, 0.25) is 0 Å². The van der Waals surface area contributed by atoms with Crippen LogP contribution in [0.3, 0.4) is 0 Å². The van der Waals surface area contributed by atoms with E-state index in [0.29, 0.717) is 11.2 Å². The number of thioether (sulfide) groups is 1. The SMILES string of the molecule is Cc1ccc(CSCC(=O)Nc2ccc(C34CC5CC(CC(C5)C3)C4)cc2)cc1. The van der Waals surface area contributed by atoms with Crippen LogP contribution >= 0.6 is 11.8 Å². The van der Waals surface area contributed by atoms with Gasteiger partial charge in [-0.2, -0.15) is 0 Å². The average Bonchev–Trinajstić information content (AvgIpc) is 2.69. The van der Waals surface area contributed by atoms with Crippen LogP contribution in [-0.4, -0.2) is 11.7 Å². The van der Waals surface area contributed by atoms with Gasteiger partial charge >= 0.3 is 0 Å². The fourth-order valence-corrected chi connectivity index (χ4v) is 7.30. The third-order valence-electron chi connectivity index (χ3n) is 7.44. The van der Waals surface area contributed by atoms with Crippen molar-refractivity contribution in [1.29, 1.82) is 0 Å². The van der Waals surface area contributed by atoms with Crippen molar-refractivity contribution in [3.05, 3.63) is 65.2 Å². The number of aryl methyl sites for hydroxylation is 1. The van der Waals surface area contributed by atoms with Gasteiger partial charge in [0, 0.05) is 11.4 Å². The molecule has 0 atom stereocenters. The minimum absolute atomic E-state index is 0.0877. The first-order valence-corrected chi connectivity index (χ1v) is 12.3. The maximum atomic E-state index is 12.3. The van der Waals surface area contributed by atoms with Gasteiger partial charge in [-0.25, -0.2) is 0 Å². The van der Waals surface area contributed by atoms with E-state index < -0.39 is 0 Å². The lowest BCUT2D eigenvalue weighted by Gasteiger charge is -2.57. The van der Waals surface area contributed by atoms with Crippen LogP contribution in [-0.2, 0) is 16.0 Å². The molecule has 4 bridgehead atoms. The minimum Gasteiger partial charge on any atom is -0.325 e. The molecule has 0 radical (unpaired) electrons. The first-order chi connectivity index (χ1) is 14.1. The molecule has 0 saturated heterocycles. The van der Waals surface area contributed by atoms with Gasteiger partial charge in [-0.3, -0.25) is 4.79 Å². The minimum atomic E-state index is 0.0877. The Labute approximate surface area is 178 Å². The van der Waals surface area contributed by atoms with E-state index >= 15 is 0 Å². The van der Waals surface area contributed by atoms with Crippen molar-refractivity contribution in [2.45, 2.75) is 56.6 Å². The standard InChI is InChI=1S/C26H31NOS/c1-18-2-4-19(5-3-18)16-29-17-25(28)27-24-8-6-23(7-9-24)26-13-20-10-21(14-26)12-22(11-20)15-26/h2-9,20-22H,10-17H2,1H3,(H,27,28). The molecule has 4 aliphatic carbocycles. The van der Waals surface area contributed by atoms with Crippen molar-refractivity contribution < 1.29 is 4.79 Å². The van der Waals surface area contributed by atoms with E-state index in [2.05, 4.69) is 60.8 Å². The van der Waals surface area contributed by atoms with Crippen molar-refractivity contribution in [2.24, 2.45) is 17.8 Å². The quantitative estimate of drug-likeness (QED) is 0.608. The Morgan fingerprint density at radius 2 is 1.52 bits per heavy atom. The second-order valence-electron chi connectivity index (χ2n) is 9.80. The summed E-state index contributed by atoms with van der Waals surface area (Å²) in [5.74, 6) is 4.34. The molecule has 1 N–H and O–H groups in total. The van der Waals surface area contributed by atoms with Crippen LogP contribution in [0.1, 0.15) is 55.2 Å². The van der Waals surface area contributed by atoms with Crippen LogP contribution in [0.15, 0.2) is 48.5 Å². The highest BCUT2D eigenvalue weighted by atomic mass is 32.2. The molecule has 29 heavy (non-hydrogen) atoms. The van der Waals surface area contributed by atoms with E-state index in [1.54, 1.807) is 11.8 Å². The molecule has 3 heteroatoms. The zero-order valence-corrected chi connectivity index (χ0v) is 18.1. The van der Waals surface area contributed by atoms with Crippen LogP contribution in [0.5, 0.6) is 0 Å². The number of anilines is 1. The topological polar surface area (TPSA) is 29.1 Å². The summed E-state index contributed by atoms with van der Waals surface area (Å²) >= 11 is 1.67. The lowest BCUT2D eigenvalue weighted by Crippen LogP contribution is -2.48. The summed E-state index contributed by atoms with van der Waals surface area (Å²) in [4.78, 5) is 12.3. The first-order valence-electron chi connectivity index (χ1n) is 11.1. The summed E-state index contributed by atoms with van der Waals surface area (Å²) in [5.41, 5.74) is 5.42. The second kappa shape index (κ2) is 7.83. The normalized spacial score (nSPS) is 29.8. The molecule has 2 aromatic carbocycles. The fourth-order valence-electron chi connectivity index (χ4n) is 6.51. The molecule has 0 spiro atoms. The summed E-state index contributed by atoms with van der Waals surface area (Å²) < 4.78 is 0. The lowest BCUT2D eigenvalue weighted by molar-refractivity contribution is -0.113. The molecule has 2 nitrogen and oxygen atoms in total. The number of carbonyl (C=O) groups is 1. The van der Waals surface area contributed by atoms with Gasteiger partial charge in [-0.05, 0) is 91.9 Å². The maximum absolute atomic E-state index is 12.3. The van der Waals surface area contributed by atoms with E-state index in [-0.39, 0.29) is 5.91 Å². The molecular formula is C26H31NOS. The molecule has 0 aliphatic heterocycles. The summed E-state index contributed by atoms with van der Waals surface area (Å²) in [6.45, 7) is 2.10. The summed E-state index contributed by atoms with van der Waals surface area (Å²) in [6.07, 6.45) is 8.61. The Kier molecular flexibility index (Phi) is 5.19. The zero-order chi connectivity index (χ0) is 19.8. The monoisotopic (exact) mass is 405 g/mol. The number of benzene rings is 2. The molecule has 4 aliphatic rings. The predicted molar refractivity (Wildman–Crippen MR) is 122 cm³/mol. The number of nitrogens with one attached hydrogen (secondary N) is 1. The Bertz CT molecular complexity index is 835. The Hall–Kier alpha value is -1.74. The highest BCUT2D eigenvalue weighted by Gasteiger charge is 2.51.